The van der Waals surface area contributed by atoms with E-state index in [4.69, 9.17) is 0 Å². The van der Waals surface area contributed by atoms with Crippen LogP contribution in [-0.4, -0.2) is 23.8 Å². The Balaban J connectivity index is 1.43. The van der Waals surface area contributed by atoms with Crippen molar-refractivity contribution < 1.29 is 9.59 Å². The number of carbonyl (C=O) groups is 2. The van der Waals surface area contributed by atoms with Crippen molar-refractivity contribution in [1.29, 1.82) is 0 Å². The highest BCUT2D eigenvalue weighted by atomic mass is 16.2. The van der Waals surface area contributed by atoms with Crippen LogP contribution >= 0.6 is 0 Å². The van der Waals surface area contributed by atoms with Gasteiger partial charge in [0.15, 0.2) is 0 Å². The van der Waals surface area contributed by atoms with Crippen LogP contribution in [0.3, 0.4) is 0 Å². The van der Waals surface area contributed by atoms with Crippen LogP contribution in [0.25, 0.3) is 0 Å². The van der Waals surface area contributed by atoms with E-state index in [1.54, 1.807) is 4.90 Å². The number of aryl methyl sites for hydroxylation is 1. The zero-order valence-electron chi connectivity index (χ0n) is 18.8. The molecular formula is C28H30N2O2. The summed E-state index contributed by atoms with van der Waals surface area (Å²) in [5, 5.41) is 0. The summed E-state index contributed by atoms with van der Waals surface area (Å²) in [6.07, 6.45) is 2.30. The molecule has 1 saturated carbocycles. The Morgan fingerprint density at radius 3 is 2.00 bits per heavy atom. The normalized spacial score (nSPS) is 12.9. The maximum absolute atomic E-state index is 13.0. The van der Waals surface area contributed by atoms with Gasteiger partial charge < -0.3 is 9.80 Å². The summed E-state index contributed by atoms with van der Waals surface area (Å²) in [5.41, 5.74) is 5.28. The molecule has 3 aromatic rings. The largest absolute Gasteiger partial charge is 0.341 e. The molecule has 4 rings (SSSR count). The van der Waals surface area contributed by atoms with Crippen molar-refractivity contribution in [2.75, 3.05) is 11.9 Å². The average molecular weight is 427 g/mol. The molecule has 2 amide bonds. The van der Waals surface area contributed by atoms with Gasteiger partial charge in [0.2, 0.25) is 11.8 Å². The molecule has 0 aromatic heterocycles. The highest BCUT2D eigenvalue weighted by Crippen LogP contribution is 2.33. The Bertz CT molecular complexity index is 1050. The maximum Gasteiger partial charge on any atom is 0.230 e. The number of rotatable bonds is 8. The molecule has 0 spiro atoms. The minimum absolute atomic E-state index is 0.0761. The number of amides is 2. The van der Waals surface area contributed by atoms with Gasteiger partial charge in [-0.1, -0.05) is 72.3 Å². The molecule has 0 radical (unpaired) electrons. The third kappa shape index (κ3) is 5.64. The van der Waals surface area contributed by atoms with Gasteiger partial charge >= 0.3 is 0 Å². The van der Waals surface area contributed by atoms with Gasteiger partial charge in [-0.25, -0.2) is 0 Å². The number of anilines is 1. The van der Waals surface area contributed by atoms with Gasteiger partial charge in [0.05, 0.1) is 13.0 Å². The molecule has 0 atom stereocenters. The van der Waals surface area contributed by atoms with Gasteiger partial charge in [0, 0.05) is 25.2 Å². The summed E-state index contributed by atoms with van der Waals surface area (Å²) < 4.78 is 0. The lowest BCUT2D eigenvalue weighted by atomic mass is 10.1. The second-order valence-corrected chi connectivity index (χ2v) is 8.76. The minimum Gasteiger partial charge on any atom is -0.341 e. The lowest BCUT2D eigenvalue weighted by Crippen LogP contribution is -2.31. The van der Waals surface area contributed by atoms with Gasteiger partial charge in [0.1, 0.15) is 0 Å². The molecule has 4 heteroatoms. The van der Waals surface area contributed by atoms with Crippen molar-refractivity contribution in [3.8, 4) is 0 Å². The summed E-state index contributed by atoms with van der Waals surface area (Å²) in [4.78, 5) is 29.3. The average Bonchev–Trinajstić information content (AvgIpc) is 3.65. The van der Waals surface area contributed by atoms with E-state index < -0.39 is 0 Å². The lowest BCUT2D eigenvalue weighted by molar-refractivity contribution is -0.129. The van der Waals surface area contributed by atoms with Crippen molar-refractivity contribution in [3.63, 3.8) is 0 Å². The molecule has 4 nitrogen and oxygen atoms in total. The monoisotopic (exact) mass is 426 g/mol. The van der Waals surface area contributed by atoms with Crippen molar-refractivity contribution in [1.82, 2.24) is 4.90 Å². The summed E-state index contributed by atoms with van der Waals surface area (Å²) in [7, 11) is 1.83. The van der Waals surface area contributed by atoms with Crippen molar-refractivity contribution in [3.05, 3.63) is 101 Å². The third-order valence-corrected chi connectivity index (χ3v) is 5.95. The second kappa shape index (κ2) is 9.82. The fourth-order valence-electron chi connectivity index (χ4n) is 3.77. The molecule has 32 heavy (non-hydrogen) atoms. The fourth-order valence-corrected chi connectivity index (χ4v) is 3.77. The first-order valence-corrected chi connectivity index (χ1v) is 11.2. The van der Waals surface area contributed by atoms with Crippen LogP contribution in [0.2, 0.25) is 0 Å². The van der Waals surface area contributed by atoms with Gasteiger partial charge in [-0.05, 0) is 48.6 Å². The van der Waals surface area contributed by atoms with E-state index in [1.807, 2.05) is 66.5 Å². The molecule has 0 aliphatic heterocycles. The van der Waals surface area contributed by atoms with E-state index in [0.29, 0.717) is 19.5 Å². The van der Waals surface area contributed by atoms with Gasteiger partial charge in [-0.15, -0.1) is 0 Å². The van der Waals surface area contributed by atoms with Crippen molar-refractivity contribution >= 4 is 17.5 Å². The van der Waals surface area contributed by atoms with Crippen LogP contribution in [0.15, 0.2) is 78.9 Å². The Hall–Kier alpha value is -3.40. The molecule has 0 unspecified atom stereocenters. The zero-order valence-corrected chi connectivity index (χ0v) is 18.8. The molecule has 1 aliphatic rings. The Morgan fingerprint density at radius 1 is 0.781 bits per heavy atom. The first kappa shape index (κ1) is 21.8. The standard InChI is InChI=1S/C28H30N2O2/c1-21-8-10-24(11-9-21)20-30(28(32)25-14-15-25)26-16-12-22(13-17-26)18-27(31)29(2)19-23-6-4-3-5-7-23/h3-13,16-17,25H,14-15,18-20H2,1-2H3. The van der Waals surface area contributed by atoms with E-state index in [1.165, 1.54) is 5.56 Å². The Morgan fingerprint density at radius 2 is 1.38 bits per heavy atom. The van der Waals surface area contributed by atoms with E-state index >= 15 is 0 Å². The zero-order chi connectivity index (χ0) is 22.5. The molecular weight excluding hydrogens is 396 g/mol. The highest BCUT2D eigenvalue weighted by Gasteiger charge is 2.34. The predicted octanol–water partition coefficient (Wildman–Crippen LogP) is 5.14. The van der Waals surface area contributed by atoms with Gasteiger partial charge in [-0.2, -0.15) is 0 Å². The second-order valence-electron chi connectivity index (χ2n) is 8.76. The third-order valence-electron chi connectivity index (χ3n) is 5.95. The van der Waals surface area contributed by atoms with E-state index in [2.05, 4.69) is 31.2 Å². The number of likely N-dealkylation sites (N-methyl/N-ethyl adjacent to an activating group) is 1. The van der Waals surface area contributed by atoms with E-state index in [9.17, 15) is 9.59 Å². The molecule has 3 aromatic carbocycles. The summed E-state index contributed by atoms with van der Waals surface area (Å²) >= 11 is 0. The van der Waals surface area contributed by atoms with Crippen LogP contribution in [0.1, 0.15) is 35.1 Å². The first-order valence-electron chi connectivity index (χ1n) is 11.2. The predicted molar refractivity (Wildman–Crippen MR) is 128 cm³/mol. The maximum atomic E-state index is 13.0. The molecule has 1 fully saturated rings. The van der Waals surface area contributed by atoms with Crippen LogP contribution in [-0.2, 0) is 29.1 Å². The number of carbonyl (C=O) groups excluding carboxylic acids is 2. The van der Waals surface area contributed by atoms with Gasteiger partial charge in [0.25, 0.3) is 0 Å². The van der Waals surface area contributed by atoms with E-state index in [0.717, 1.165) is 35.2 Å². The Labute approximate surface area is 190 Å². The van der Waals surface area contributed by atoms with Crippen molar-refractivity contribution in [2.24, 2.45) is 5.92 Å². The smallest absolute Gasteiger partial charge is 0.230 e. The molecule has 1 aliphatic carbocycles. The molecule has 164 valence electrons. The number of hydrogen-bond acceptors (Lipinski definition) is 2. The SMILES string of the molecule is Cc1ccc(CN(C(=O)C2CC2)c2ccc(CC(=O)N(C)Cc3ccccc3)cc2)cc1. The molecule has 0 bridgehead atoms. The van der Waals surface area contributed by atoms with E-state index in [-0.39, 0.29) is 17.7 Å². The van der Waals surface area contributed by atoms with Crippen LogP contribution < -0.4 is 4.90 Å². The summed E-state index contributed by atoms with van der Waals surface area (Å²) in [6.45, 7) is 3.22. The molecule has 0 N–H and O–H groups in total. The quantitative estimate of drug-likeness (QED) is 0.500. The molecule has 0 heterocycles. The Kier molecular flexibility index (Phi) is 6.69. The van der Waals surface area contributed by atoms with Gasteiger partial charge in [-0.3, -0.25) is 9.59 Å². The highest BCUT2D eigenvalue weighted by molar-refractivity contribution is 5.96. The van der Waals surface area contributed by atoms with Crippen LogP contribution in [0.4, 0.5) is 5.69 Å². The topological polar surface area (TPSA) is 40.6 Å². The number of hydrogen-bond donors (Lipinski definition) is 0. The number of nitrogens with zero attached hydrogens (tertiary/aromatic N) is 2. The summed E-state index contributed by atoms with van der Waals surface area (Å²) in [5.74, 6) is 0.414. The minimum atomic E-state index is 0.0761. The lowest BCUT2D eigenvalue weighted by Gasteiger charge is -2.24. The van der Waals surface area contributed by atoms with Crippen LogP contribution in [0.5, 0.6) is 0 Å². The first-order chi connectivity index (χ1) is 15.5. The molecule has 0 saturated heterocycles. The van der Waals surface area contributed by atoms with Crippen LogP contribution in [0, 0.1) is 12.8 Å². The summed E-state index contributed by atoms with van der Waals surface area (Å²) in [6, 6.07) is 26.2. The van der Waals surface area contributed by atoms with Crippen molar-refractivity contribution in [2.45, 2.75) is 39.3 Å². The number of benzene rings is 3. The fraction of sp³-hybridized carbons (Fsp3) is 0.286.